The van der Waals surface area contributed by atoms with Gasteiger partial charge in [-0.05, 0) is 54.3 Å². The average Bonchev–Trinajstić information content (AvgIpc) is 2.65. The van der Waals surface area contributed by atoms with Crippen LogP contribution in [0, 0.1) is 5.92 Å². The quantitative estimate of drug-likeness (QED) is 0.448. The summed E-state index contributed by atoms with van der Waals surface area (Å²) in [5, 5.41) is 13.1. The van der Waals surface area contributed by atoms with Crippen LogP contribution in [0.15, 0.2) is 41.3 Å². The lowest BCUT2D eigenvalue weighted by Crippen LogP contribution is -2.47. The minimum absolute atomic E-state index is 0.0543. The molecule has 8 nitrogen and oxygen atoms in total. The van der Waals surface area contributed by atoms with E-state index in [4.69, 9.17) is 5.21 Å². The first-order valence-corrected chi connectivity index (χ1v) is 10.8. The number of fused-ring (bicyclic) bond motifs is 1. The highest BCUT2D eigenvalue weighted by Gasteiger charge is 2.33. The fourth-order valence-electron chi connectivity index (χ4n) is 2.93. The first kappa shape index (κ1) is 22.8. The molecule has 2 aromatic rings. The molecular weight excluding hydrogens is 394 g/mol. The summed E-state index contributed by atoms with van der Waals surface area (Å²) in [4.78, 5) is 23.2. The van der Waals surface area contributed by atoms with Crippen LogP contribution in [0.1, 0.15) is 34.1 Å². The molecule has 0 aromatic heterocycles. The number of nitrogens with one attached hydrogen (secondary N) is 2. The normalized spacial score (nSPS) is 12.9. The van der Waals surface area contributed by atoms with Crippen molar-refractivity contribution in [3.63, 3.8) is 0 Å². The Hall–Kier alpha value is -2.49. The second-order valence-electron chi connectivity index (χ2n) is 7.36. The summed E-state index contributed by atoms with van der Waals surface area (Å²) in [5.41, 5.74) is 2.15. The first-order chi connectivity index (χ1) is 13.6. The van der Waals surface area contributed by atoms with Gasteiger partial charge in [0, 0.05) is 19.2 Å². The third kappa shape index (κ3) is 5.53. The number of sulfonamides is 1. The summed E-state index contributed by atoms with van der Waals surface area (Å²) in [6, 6.07) is 8.77. The molecule has 0 fully saturated rings. The molecule has 2 aromatic carbocycles. The van der Waals surface area contributed by atoms with Crippen LogP contribution >= 0.6 is 0 Å². The van der Waals surface area contributed by atoms with Gasteiger partial charge in [-0.15, -0.1) is 0 Å². The third-order valence-corrected chi connectivity index (χ3v) is 6.55. The molecule has 2 rings (SSSR count). The number of hydroxylamine groups is 1. The molecule has 0 heterocycles. The maximum absolute atomic E-state index is 13.3. The van der Waals surface area contributed by atoms with Crippen molar-refractivity contribution in [1.29, 1.82) is 0 Å². The highest BCUT2D eigenvalue weighted by molar-refractivity contribution is 7.89. The molecule has 2 amide bonds. The Kier molecular flexibility index (Phi) is 7.34. The Labute approximate surface area is 170 Å². The van der Waals surface area contributed by atoms with Gasteiger partial charge in [-0.3, -0.25) is 14.8 Å². The number of benzene rings is 2. The van der Waals surface area contributed by atoms with Gasteiger partial charge in [-0.25, -0.2) is 13.9 Å². The van der Waals surface area contributed by atoms with Gasteiger partial charge in [0.2, 0.25) is 15.9 Å². The second kappa shape index (κ2) is 9.34. The Morgan fingerprint density at radius 1 is 1.07 bits per heavy atom. The smallest absolute Gasteiger partial charge is 0.261 e. The third-order valence-electron chi connectivity index (χ3n) is 4.59. The van der Waals surface area contributed by atoms with Crippen LogP contribution in [0.5, 0.6) is 0 Å². The van der Waals surface area contributed by atoms with Crippen molar-refractivity contribution in [2.45, 2.75) is 45.1 Å². The van der Waals surface area contributed by atoms with Crippen molar-refractivity contribution in [3.05, 3.63) is 36.4 Å². The number of hydrogen-bond donors (Lipinski definition) is 3. The number of hydrogen-bond acceptors (Lipinski definition) is 5. The molecule has 1 atom stereocenters. The van der Waals surface area contributed by atoms with Crippen molar-refractivity contribution in [3.8, 4) is 0 Å². The van der Waals surface area contributed by atoms with Crippen molar-refractivity contribution >= 4 is 38.3 Å². The van der Waals surface area contributed by atoms with E-state index in [2.05, 4.69) is 5.32 Å². The van der Waals surface area contributed by atoms with Gasteiger partial charge in [-0.2, -0.15) is 4.31 Å². The summed E-state index contributed by atoms with van der Waals surface area (Å²) in [5.74, 6) is -0.751. The Balaban J connectivity index is 2.44. The predicted octanol–water partition coefficient (Wildman–Crippen LogP) is 2.73. The molecule has 0 saturated carbocycles. The van der Waals surface area contributed by atoms with Crippen molar-refractivity contribution in [2.24, 2.45) is 5.92 Å². The molecule has 0 aliphatic heterocycles. The lowest BCUT2D eigenvalue weighted by Gasteiger charge is -2.27. The molecule has 0 aliphatic carbocycles. The van der Waals surface area contributed by atoms with E-state index >= 15 is 0 Å². The monoisotopic (exact) mass is 421 g/mol. The molecule has 29 heavy (non-hydrogen) atoms. The Morgan fingerprint density at radius 3 is 2.28 bits per heavy atom. The zero-order chi connectivity index (χ0) is 21.8. The number of carbonyl (C=O) groups excluding carboxylic acids is 2. The number of amides is 2. The van der Waals surface area contributed by atoms with Gasteiger partial charge in [0.05, 0.1) is 4.90 Å². The van der Waals surface area contributed by atoms with Crippen LogP contribution in [0.2, 0.25) is 0 Å². The van der Waals surface area contributed by atoms with E-state index in [0.29, 0.717) is 17.5 Å². The molecule has 9 heteroatoms. The zero-order valence-electron chi connectivity index (χ0n) is 17.0. The summed E-state index contributed by atoms with van der Waals surface area (Å²) in [7, 11) is -3.98. The molecular formula is C20H27N3O5S. The number of nitrogens with zero attached hydrogens (tertiary/aromatic N) is 1. The molecule has 1 unspecified atom stereocenters. The molecule has 0 aliphatic rings. The van der Waals surface area contributed by atoms with Gasteiger partial charge in [0.25, 0.3) is 5.91 Å². The SMILES string of the molecule is CC(=O)Nc1ccc2cc(S(=O)(=O)N(CCC(C)C)C(C)C(=O)NO)ccc2c1. The Morgan fingerprint density at radius 2 is 1.69 bits per heavy atom. The van der Waals surface area contributed by atoms with E-state index in [-0.39, 0.29) is 23.3 Å². The van der Waals surface area contributed by atoms with Crippen molar-refractivity contribution in [2.75, 3.05) is 11.9 Å². The van der Waals surface area contributed by atoms with E-state index in [1.165, 1.54) is 31.5 Å². The van der Waals surface area contributed by atoms with Gasteiger partial charge in [-0.1, -0.05) is 26.0 Å². The van der Waals surface area contributed by atoms with E-state index in [9.17, 15) is 18.0 Å². The Bertz CT molecular complexity index is 1000. The molecule has 0 saturated heterocycles. The van der Waals surface area contributed by atoms with Gasteiger partial charge < -0.3 is 5.32 Å². The van der Waals surface area contributed by atoms with Crippen LogP contribution in [0.4, 0.5) is 5.69 Å². The summed E-state index contributed by atoms with van der Waals surface area (Å²) < 4.78 is 27.6. The maximum atomic E-state index is 13.3. The highest BCUT2D eigenvalue weighted by atomic mass is 32.2. The maximum Gasteiger partial charge on any atom is 0.261 e. The summed E-state index contributed by atoms with van der Waals surface area (Å²) >= 11 is 0. The van der Waals surface area contributed by atoms with Gasteiger partial charge in [0.15, 0.2) is 0 Å². The van der Waals surface area contributed by atoms with Crippen LogP contribution < -0.4 is 10.8 Å². The molecule has 0 bridgehead atoms. The standard InChI is InChI=1S/C20H27N3O5S/c1-13(2)9-10-23(14(3)20(25)22-26)29(27,28)19-8-6-16-11-18(21-15(4)24)7-5-17(16)12-19/h5-8,11-14,26H,9-10H2,1-4H3,(H,21,24)(H,22,25). The minimum atomic E-state index is -3.98. The van der Waals surface area contributed by atoms with Crippen LogP contribution in [0.3, 0.4) is 0 Å². The topological polar surface area (TPSA) is 116 Å². The number of anilines is 1. The zero-order valence-corrected chi connectivity index (χ0v) is 17.8. The predicted molar refractivity (Wildman–Crippen MR) is 111 cm³/mol. The van der Waals surface area contributed by atoms with Gasteiger partial charge in [0.1, 0.15) is 6.04 Å². The lowest BCUT2D eigenvalue weighted by molar-refractivity contribution is -0.132. The lowest BCUT2D eigenvalue weighted by atomic mass is 10.1. The summed E-state index contributed by atoms with van der Waals surface area (Å²) in [6.07, 6.45) is 0.565. The van der Waals surface area contributed by atoms with Crippen LogP contribution in [-0.4, -0.2) is 42.3 Å². The molecule has 0 radical (unpaired) electrons. The molecule has 158 valence electrons. The van der Waals surface area contributed by atoms with Crippen molar-refractivity contribution in [1.82, 2.24) is 9.79 Å². The minimum Gasteiger partial charge on any atom is -0.326 e. The fourth-order valence-corrected chi connectivity index (χ4v) is 4.58. The van der Waals surface area contributed by atoms with Crippen LogP contribution in [0.25, 0.3) is 10.8 Å². The largest absolute Gasteiger partial charge is 0.326 e. The van der Waals surface area contributed by atoms with Crippen molar-refractivity contribution < 1.29 is 23.2 Å². The second-order valence-corrected chi connectivity index (χ2v) is 9.25. The highest BCUT2D eigenvalue weighted by Crippen LogP contribution is 2.26. The average molecular weight is 422 g/mol. The van der Waals surface area contributed by atoms with E-state index < -0.39 is 22.0 Å². The first-order valence-electron chi connectivity index (χ1n) is 9.33. The number of rotatable bonds is 8. The molecule has 0 spiro atoms. The van der Waals surface area contributed by atoms with Crippen LogP contribution in [-0.2, 0) is 19.6 Å². The fraction of sp³-hybridized carbons (Fsp3) is 0.400. The molecule has 3 N–H and O–H groups in total. The van der Waals surface area contributed by atoms with Gasteiger partial charge >= 0.3 is 0 Å². The van der Waals surface area contributed by atoms with E-state index in [1.54, 1.807) is 24.3 Å². The number of carbonyl (C=O) groups is 2. The van der Waals surface area contributed by atoms with E-state index in [1.807, 2.05) is 13.8 Å². The van der Waals surface area contributed by atoms with E-state index in [0.717, 1.165) is 9.69 Å². The summed E-state index contributed by atoms with van der Waals surface area (Å²) in [6.45, 7) is 6.92.